The average molecular weight is 440 g/mol. The molecule has 1 aliphatic heterocycles. The lowest BCUT2D eigenvalue weighted by Crippen LogP contribution is -2.41. The second-order valence-corrected chi connectivity index (χ2v) is 8.21. The summed E-state index contributed by atoms with van der Waals surface area (Å²) in [5.74, 6) is 0.361. The van der Waals surface area contributed by atoms with E-state index in [-0.39, 0.29) is 24.3 Å². The van der Waals surface area contributed by atoms with Gasteiger partial charge in [-0.25, -0.2) is 0 Å². The Hall–Kier alpha value is -3.06. The first-order valence-corrected chi connectivity index (χ1v) is 11.1. The molecule has 7 nitrogen and oxygen atoms in total. The maximum absolute atomic E-state index is 12.5. The summed E-state index contributed by atoms with van der Waals surface area (Å²) >= 11 is 0. The molecule has 0 bridgehead atoms. The van der Waals surface area contributed by atoms with Crippen LogP contribution in [0.4, 0.5) is 11.4 Å². The van der Waals surface area contributed by atoms with Crippen LogP contribution < -0.4 is 20.3 Å². The zero-order valence-corrected chi connectivity index (χ0v) is 19.1. The Kier molecular flexibility index (Phi) is 8.50. The van der Waals surface area contributed by atoms with E-state index in [0.29, 0.717) is 6.61 Å². The molecule has 0 aromatic heterocycles. The molecule has 1 aliphatic rings. The normalized spacial score (nSPS) is 15.2. The minimum atomic E-state index is -0.635. The Balaban J connectivity index is 1.42. The smallest absolute Gasteiger partial charge is 0.249 e. The molecule has 0 spiro atoms. The van der Waals surface area contributed by atoms with Gasteiger partial charge in [0.15, 0.2) is 0 Å². The van der Waals surface area contributed by atoms with E-state index in [1.54, 1.807) is 14.0 Å². The molecule has 7 heteroatoms. The molecule has 2 aromatic carbocycles. The van der Waals surface area contributed by atoms with Crippen LogP contribution in [0.5, 0.6) is 5.75 Å². The number of hydrogen-bond acceptors (Lipinski definition) is 5. The summed E-state index contributed by atoms with van der Waals surface area (Å²) in [6, 6.07) is 15.1. The standard InChI is InChI=1S/C25H33N3O4/c1-18(26-25(30)19(2)32-17-20-8-6-11-23(15-20)31-3)14-24(29)27-21-9-7-10-22(16-21)28-12-4-5-13-28/h6-11,15-16,18-19H,4-5,12-14,17H2,1-3H3,(H,26,30)(H,27,29). The van der Waals surface area contributed by atoms with Gasteiger partial charge in [0, 0.05) is 36.9 Å². The second-order valence-electron chi connectivity index (χ2n) is 8.21. The molecule has 1 heterocycles. The Morgan fingerprint density at radius 3 is 2.56 bits per heavy atom. The van der Waals surface area contributed by atoms with Crippen LogP contribution in [0.3, 0.4) is 0 Å². The van der Waals surface area contributed by atoms with Crippen LogP contribution >= 0.6 is 0 Å². The lowest BCUT2D eigenvalue weighted by Gasteiger charge is -2.19. The van der Waals surface area contributed by atoms with Gasteiger partial charge in [0.05, 0.1) is 13.7 Å². The van der Waals surface area contributed by atoms with E-state index in [1.807, 2.05) is 49.4 Å². The van der Waals surface area contributed by atoms with Crippen LogP contribution in [0, 0.1) is 0 Å². The largest absolute Gasteiger partial charge is 0.497 e. The molecule has 1 fully saturated rings. The zero-order valence-electron chi connectivity index (χ0n) is 19.1. The van der Waals surface area contributed by atoms with Crippen molar-refractivity contribution in [1.82, 2.24) is 5.32 Å². The van der Waals surface area contributed by atoms with Crippen molar-refractivity contribution in [2.45, 2.75) is 51.9 Å². The zero-order chi connectivity index (χ0) is 22.9. The van der Waals surface area contributed by atoms with Crippen molar-refractivity contribution in [2.24, 2.45) is 0 Å². The summed E-state index contributed by atoms with van der Waals surface area (Å²) in [6.45, 7) is 5.92. The Morgan fingerprint density at radius 2 is 1.81 bits per heavy atom. The van der Waals surface area contributed by atoms with E-state index in [9.17, 15) is 9.59 Å². The number of methoxy groups -OCH3 is 1. The lowest BCUT2D eigenvalue weighted by molar-refractivity contribution is -0.133. The van der Waals surface area contributed by atoms with Gasteiger partial charge in [-0.05, 0) is 62.6 Å². The molecule has 2 atom stereocenters. The minimum Gasteiger partial charge on any atom is -0.497 e. The van der Waals surface area contributed by atoms with Gasteiger partial charge in [-0.2, -0.15) is 0 Å². The quantitative estimate of drug-likeness (QED) is 0.590. The number of ether oxygens (including phenoxy) is 2. The molecule has 2 N–H and O–H groups in total. The van der Waals surface area contributed by atoms with Crippen molar-refractivity contribution in [2.75, 3.05) is 30.4 Å². The van der Waals surface area contributed by atoms with Gasteiger partial charge < -0.3 is 25.0 Å². The Bertz CT molecular complexity index is 912. The molecule has 2 aromatic rings. The van der Waals surface area contributed by atoms with Crippen LogP contribution in [0.25, 0.3) is 0 Å². The number of amides is 2. The second kappa shape index (κ2) is 11.5. The van der Waals surface area contributed by atoms with Crippen molar-refractivity contribution in [3.63, 3.8) is 0 Å². The van der Waals surface area contributed by atoms with E-state index in [1.165, 1.54) is 12.8 Å². The summed E-state index contributed by atoms with van der Waals surface area (Å²) in [7, 11) is 1.61. The molecular formula is C25H33N3O4. The highest BCUT2D eigenvalue weighted by atomic mass is 16.5. The Morgan fingerprint density at radius 1 is 1.06 bits per heavy atom. The number of carbonyl (C=O) groups is 2. The number of carbonyl (C=O) groups excluding carboxylic acids is 2. The maximum atomic E-state index is 12.5. The molecule has 2 unspecified atom stereocenters. The fraction of sp³-hybridized carbons (Fsp3) is 0.440. The van der Waals surface area contributed by atoms with Crippen LogP contribution in [-0.4, -0.2) is 44.2 Å². The number of rotatable bonds is 10. The molecule has 0 radical (unpaired) electrons. The van der Waals surface area contributed by atoms with E-state index in [0.717, 1.165) is 35.8 Å². The topological polar surface area (TPSA) is 79.9 Å². The van der Waals surface area contributed by atoms with Gasteiger partial charge in [-0.3, -0.25) is 9.59 Å². The molecule has 1 saturated heterocycles. The highest BCUT2D eigenvalue weighted by Gasteiger charge is 2.18. The number of benzene rings is 2. The molecule has 0 aliphatic carbocycles. The van der Waals surface area contributed by atoms with Crippen molar-refractivity contribution in [3.8, 4) is 5.75 Å². The lowest BCUT2D eigenvalue weighted by atomic mass is 10.2. The number of anilines is 2. The van der Waals surface area contributed by atoms with Crippen molar-refractivity contribution in [3.05, 3.63) is 54.1 Å². The molecular weight excluding hydrogens is 406 g/mol. The van der Waals surface area contributed by atoms with Gasteiger partial charge >= 0.3 is 0 Å². The highest BCUT2D eigenvalue weighted by molar-refractivity contribution is 5.92. The van der Waals surface area contributed by atoms with Crippen molar-refractivity contribution < 1.29 is 19.1 Å². The van der Waals surface area contributed by atoms with Crippen LogP contribution in [0.15, 0.2) is 48.5 Å². The highest BCUT2D eigenvalue weighted by Crippen LogP contribution is 2.23. The van der Waals surface area contributed by atoms with E-state index in [4.69, 9.17) is 9.47 Å². The SMILES string of the molecule is COc1cccc(COC(C)C(=O)NC(C)CC(=O)Nc2cccc(N3CCCC3)c2)c1. The van der Waals surface area contributed by atoms with Gasteiger partial charge in [-0.15, -0.1) is 0 Å². The summed E-state index contributed by atoms with van der Waals surface area (Å²) < 4.78 is 10.9. The fourth-order valence-electron chi connectivity index (χ4n) is 3.72. The predicted molar refractivity (Wildman–Crippen MR) is 126 cm³/mol. The van der Waals surface area contributed by atoms with Crippen molar-refractivity contribution in [1.29, 1.82) is 0 Å². The third kappa shape index (κ3) is 6.99. The molecule has 2 amide bonds. The van der Waals surface area contributed by atoms with Crippen LogP contribution in [-0.2, 0) is 20.9 Å². The fourth-order valence-corrected chi connectivity index (χ4v) is 3.72. The van der Waals surface area contributed by atoms with E-state index in [2.05, 4.69) is 21.6 Å². The van der Waals surface area contributed by atoms with Crippen LogP contribution in [0.1, 0.15) is 38.7 Å². The van der Waals surface area contributed by atoms with E-state index >= 15 is 0 Å². The first-order chi connectivity index (χ1) is 15.4. The first-order valence-electron chi connectivity index (χ1n) is 11.1. The minimum absolute atomic E-state index is 0.138. The number of nitrogens with zero attached hydrogens (tertiary/aromatic N) is 1. The average Bonchev–Trinajstić information content (AvgIpc) is 3.32. The summed E-state index contributed by atoms with van der Waals surface area (Å²) in [4.78, 5) is 27.2. The van der Waals surface area contributed by atoms with Gasteiger partial charge in [0.1, 0.15) is 11.9 Å². The summed E-state index contributed by atoms with van der Waals surface area (Å²) in [6.07, 6.45) is 1.96. The van der Waals surface area contributed by atoms with Crippen molar-refractivity contribution >= 4 is 23.2 Å². The number of hydrogen-bond donors (Lipinski definition) is 2. The molecule has 0 saturated carbocycles. The van der Waals surface area contributed by atoms with Gasteiger partial charge in [-0.1, -0.05) is 18.2 Å². The Labute approximate surface area is 190 Å². The summed E-state index contributed by atoms with van der Waals surface area (Å²) in [5.41, 5.74) is 2.82. The third-order valence-corrected chi connectivity index (χ3v) is 5.48. The summed E-state index contributed by atoms with van der Waals surface area (Å²) in [5, 5.41) is 5.79. The third-order valence-electron chi connectivity index (χ3n) is 5.48. The maximum Gasteiger partial charge on any atom is 0.249 e. The monoisotopic (exact) mass is 439 g/mol. The number of nitrogens with one attached hydrogen (secondary N) is 2. The van der Waals surface area contributed by atoms with Gasteiger partial charge in [0.2, 0.25) is 11.8 Å². The molecule has 3 rings (SSSR count). The van der Waals surface area contributed by atoms with Crippen LogP contribution in [0.2, 0.25) is 0 Å². The predicted octanol–water partition coefficient (Wildman–Crippen LogP) is 3.73. The molecule has 172 valence electrons. The van der Waals surface area contributed by atoms with Gasteiger partial charge in [0.25, 0.3) is 0 Å². The molecule has 32 heavy (non-hydrogen) atoms. The first kappa shape index (κ1) is 23.6. The van der Waals surface area contributed by atoms with E-state index < -0.39 is 6.10 Å².